The van der Waals surface area contributed by atoms with Crippen LogP contribution in [-0.2, 0) is 9.59 Å². The molecule has 1 aliphatic carbocycles. The Bertz CT molecular complexity index is 1550. The van der Waals surface area contributed by atoms with Crippen LogP contribution >= 0.6 is 11.6 Å². The first-order chi connectivity index (χ1) is 21.2. The molecule has 3 fully saturated rings. The SMILES string of the molecule is NC1CC[N+](C(=O)/C=C/c2cc(Cl)ccc2-n2cnnn2)(C2CNC(C(=O)Nc3ccc(C(=O)O)cc3)C(C3CC3)C2)CC1. The van der Waals surface area contributed by atoms with Crippen LogP contribution in [0.3, 0.4) is 0 Å². The van der Waals surface area contributed by atoms with Crippen molar-refractivity contribution in [3.8, 4) is 5.69 Å². The molecule has 3 atom stereocenters. The number of hydrogen-bond acceptors (Lipinski definition) is 8. The zero-order valence-electron chi connectivity index (χ0n) is 24.2. The molecule has 2 amide bonds. The number of nitrogens with two attached hydrogens (primary N) is 1. The number of quaternary nitrogens is 1. The highest BCUT2D eigenvalue weighted by atomic mass is 35.5. The van der Waals surface area contributed by atoms with Gasteiger partial charge >= 0.3 is 11.9 Å². The van der Waals surface area contributed by atoms with Gasteiger partial charge in [-0.2, -0.15) is 4.68 Å². The number of likely N-dealkylation sites (tertiary alicyclic amines) is 1. The van der Waals surface area contributed by atoms with Crippen molar-refractivity contribution in [2.45, 2.75) is 50.2 Å². The van der Waals surface area contributed by atoms with E-state index in [1.807, 2.05) is 6.07 Å². The molecule has 2 saturated heterocycles. The fourth-order valence-electron chi connectivity index (χ4n) is 6.78. The molecule has 2 aromatic carbocycles. The first-order valence-electron chi connectivity index (χ1n) is 15.0. The summed E-state index contributed by atoms with van der Waals surface area (Å²) in [4.78, 5) is 38.9. The molecule has 5 N–H and O–H groups in total. The van der Waals surface area contributed by atoms with Gasteiger partial charge < -0.3 is 16.2 Å². The van der Waals surface area contributed by atoms with Crippen LogP contribution in [0.5, 0.6) is 0 Å². The number of carboxylic acid groups (broad SMARTS) is 1. The summed E-state index contributed by atoms with van der Waals surface area (Å²) in [6, 6.07) is 11.1. The van der Waals surface area contributed by atoms with Crippen molar-refractivity contribution >= 4 is 41.1 Å². The van der Waals surface area contributed by atoms with Crippen molar-refractivity contribution < 1.29 is 24.0 Å². The van der Waals surface area contributed by atoms with E-state index in [0.717, 1.165) is 37.7 Å². The zero-order valence-corrected chi connectivity index (χ0v) is 24.9. The molecule has 3 aromatic rings. The van der Waals surface area contributed by atoms with Crippen molar-refractivity contribution in [3.63, 3.8) is 0 Å². The predicted octanol–water partition coefficient (Wildman–Crippen LogP) is 2.89. The molecule has 1 saturated carbocycles. The Labute approximate surface area is 259 Å². The Hall–Kier alpha value is -3.97. The highest BCUT2D eigenvalue weighted by molar-refractivity contribution is 6.30. The van der Waals surface area contributed by atoms with Gasteiger partial charge in [-0.05, 0) is 83.6 Å². The van der Waals surface area contributed by atoms with E-state index in [4.69, 9.17) is 17.3 Å². The van der Waals surface area contributed by atoms with Crippen molar-refractivity contribution in [1.82, 2.24) is 25.5 Å². The second kappa shape index (κ2) is 12.6. The maximum Gasteiger partial charge on any atom is 0.338 e. The number of carbonyl (C=O) groups excluding carboxylic acids is 2. The molecule has 0 spiro atoms. The molecule has 2 aliphatic heterocycles. The molecule has 12 nitrogen and oxygen atoms in total. The molecule has 3 unspecified atom stereocenters. The van der Waals surface area contributed by atoms with Crippen LogP contribution in [-0.4, -0.2) is 85.3 Å². The van der Waals surface area contributed by atoms with E-state index in [-0.39, 0.29) is 39.9 Å². The Morgan fingerprint density at radius 3 is 2.50 bits per heavy atom. The predicted molar refractivity (Wildman–Crippen MR) is 164 cm³/mol. The molecule has 0 bridgehead atoms. The van der Waals surface area contributed by atoms with Crippen LogP contribution in [0.1, 0.15) is 48.0 Å². The highest BCUT2D eigenvalue weighted by Gasteiger charge is 2.52. The zero-order chi connectivity index (χ0) is 30.8. The van der Waals surface area contributed by atoms with E-state index in [0.29, 0.717) is 41.9 Å². The molecule has 230 valence electrons. The largest absolute Gasteiger partial charge is 0.478 e. The summed E-state index contributed by atoms with van der Waals surface area (Å²) in [7, 11) is 0. The number of halogens is 1. The third-order valence-electron chi connectivity index (χ3n) is 9.38. The minimum absolute atomic E-state index is 0.00214. The Morgan fingerprint density at radius 1 is 1.09 bits per heavy atom. The number of tetrazole rings is 1. The standard InChI is InChI=1S/C31H35ClN8O4/c32-22-6-9-27(39-18-35-37-38-39)21(15-22)5-10-28(41)40(13-11-23(33)12-14-40)25-16-26(19-1-2-19)29(34-17-25)30(42)36-24-7-3-20(4-8-24)31(43)44/h3-10,15,18-19,23,25-26,29,34H,1-2,11-14,16-17,33H2,(H-,36,42,43,44)/p+1/b10-5+. The Balaban J connectivity index is 1.22. The number of aromatic carboxylic acids is 1. The highest BCUT2D eigenvalue weighted by Crippen LogP contribution is 2.44. The monoisotopic (exact) mass is 619 g/mol. The summed E-state index contributed by atoms with van der Waals surface area (Å²) in [6.07, 6.45) is 9.26. The van der Waals surface area contributed by atoms with Gasteiger partial charge in [-0.15, -0.1) is 5.10 Å². The number of amides is 2. The number of nitrogens with zero attached hydrogens (tertiary/aromatic N) is 5. The van der Waals surface area contributed by atoms with Crippen LogP contribution in [0.15, 0.2) is 54.9 Å². The van der Waals surface area contributed by atoms with E-state index in [9.17, 15) is 19.5 Å². The summed E-state index contributed by atoms with van der Waals surface area (Å²) < 4.78 is 1.81. The van der Waals surface area contributed by atoms with E-state index in [2.05, 4.69) is 26.2 Å². The lowest BCUT2D eigenvalue weighted by molar-refractivity contribution is -0.882. The van der Waals surface area contributed by atoms with E-state index in [1.54, 1.807) is 36.4 Å². The average molecular weight is 620 g/mol. The number of carbonyl (C=O) groups is 3. The lowest BCUT2D eigenvalue weighted by Gasteiger charge is -2.49. The normalized spacial score (nSPS) is 27.2. The van der Waals surface area contributed by atoms with Crippen LogP contribution in [0, 0.1) is 11.8 Å². The number of hydrogen-bond donors (Lipinski definition) is 4. The smallest absolute Gasteiger partial charge is 0.338 e. The van der Waals surface area contributed by atoms with Crippen molar-refractivity contribution in [2.75, 3.05) is 25.0 Å². The summed E-state index contributed by atoms with van der Waals surface area (Å²) in [5.74, 6) is -0.662. The van der Waals surface area contributed by atoms with Gasteiger partial charge in [0.25, 0.3) is 0 Å². The van der Waals surface area contributed by atoms with Crippen LogP contribution in [0.25, 0.3) is 11.8 Å². The van der Waals surface area contributed by atoms with Gasteiger partial charge in [0, 0.05) is 54.2 Å². The molecule has 13 heteroatoms. The number of benzene rings is 2. The third kappa shape index (κ3) is 6.29. The van der Waals surface area contributed by atoms with Crippen LogP contribution in [0.2, 0.25) is 5.02 Å². The number of anilines is 1. The second-order valence-electron chi connectivity index (χ2n) is 12.1. The second-order valence-corrected chi connectivity index (χ2v) is 12.5. The van der Waals surface area contributed by atoms with Gasteiger partial charge in [-0.3, -0.25) is 14.6 Å². The quantitative estimate of drug-likeness (QED) is 0.219. The average Bonchev–Trinajstić information content (AvgIpc) is 3.74. The number of nitrogens with one attached hydrogen (secondary N) is 2. The van der Waals surface area contributed by atoms with Gasteiger partial charge in [-0.1, -0.05) is 11.6 Å². The van der Waals surface area contributed by atoms with Gasteiger partial charge in [0.15, 0.2) is 0 Å². The maximum absolute atomic E-state index is 14.2. The van der Waals surface area contributed by atoms with Crippen LogP contribution in [0.4, 0.5) is 5.69 Å². The molecule has 1 aromatic heterocycles. The molecule has 44 heavy (non-hydrogen) atoms. The van der Waals surface area contributed by atoms with E-state index in [1.165, 1.54) is 23.1 Å². The molecular weight excluding hydrogens is 584 g/mol. The van der Waals surface area contributed by atoms with Gasteiger partial charge in [-0.25, -0.2) is 9.59 Å². The third-order valence-corrected chi connectivity index (χ3v) is 9.62. The Morgan fingerprint density at radius 2 is 1.84 bits per heavy atom. The molecular formula is C31H36ClN8O4+. The minimum Gasteiger partial charge on any atom is -0.478 e. The van der Waals surface area contributed by atoms with E-state index < -0.39 is 12.0 Å². The summed E-state index contributed by atoms with van der Waals surface area (Å²) in [6.45, 7) is 1.79. The summed E-state index contributed by atoms with van der Waals surface area (Å²) >= 11 is 6.31. The molecule has 0 radical (unpaired) electrons. The maximum atomic E-state index is 14.2. The lowest BCUT2D eigenvalue weighted by atomic mass is 9.81. The van der Waals surface area contributed by atoms with E-state index >= 15 is 0 Å². The minimum atomic E-state index is -1.02. The topological polar surface area (TPSA) is 165 Å². The lowest BCUT2D eigenvalue weighted by Crippen LogP contribution is -2.69. The number of aromatic nitrogens is 4. The molecule has 3 aliphatic rings. The number of piperidine rings is 2. The van der Waals surface area contributed by atoms with Gasteiger partial charge in [0.05, 0.1) is 30.4 Å². The first kappa shape index (κ1) is 30.1. The fraction of sp³-hybridized carbons (Fsp3) is 0.419. The van der Waals surface area contributed by atoms with Gasteiger partial charge in [0.1, 0.15) is 12.4 Å². The number of rotatable bonds is 8. The fourth-order valence-corrected chi connectivity index (χ4v) is 6.96. The molecule has 6 rings (SSSR count). The summed E-state index contributed by atoms with van der Waals surface area (Å²) in [5, 5.41) is 27.6. The summed E-state index contributed by atoms with van der Waals surface area (Å²) in [5.41, 5.74) is 8.44. The van der Waals surface area contributed by atoms with Crippen molar-refractivity contribution in [2.24, 2.45) is 17.6 Å². The molecule has 3 heterocycles. The first-order valence-corrected chi connectivity index (χ1v) is 15.4. The van der Waals surface area contributed by atoms with Crippen molar-refractivity contribution in [3.05, 3.63) is 71.0 Å². The van der Waals surface area contributed by atoms with Gasteiger partial charge in [0.2, 0.25) is 5.91 Å². The Kier molecular flexibility index (Phi) is 8.59. The van der Waals surface area contributed by atoms with Crippen LogP contribution < -0.4 is 16.4 Å². The van der Waals surface area contributed by atoms with Crippen molar-refractivity contribution in [1.29, 1.82) is 0 Å². The number of carboxylic acids is 1.